The summed E-state index contributed by atoms with van der Waals surface area (Å²) < 4.78 is 0. The van der Waals surface area contributed by atoms with Gasteiger partial charge < -0.3 is 20.4 Å². The van der Waals surface area contributed by atoms with Gasteiger partial charge >= 0.3 is 0 Å². The Morgan fingerprint density at radius 1 is 0.966 bits per heavy atom. The Kier molecular flexibility index (Phi) is 6.10. The van der Waals surface area contributed by atoms with Gasteiger partial charge in [0, 0.05) is 37.6 Å². The van der Waals surface area contributed by atoms with E-state index in [4.69, 9.17) is 0 Å². The Morgan fingerprint density at radius 2 is 1.69 bits per heavy atom. The smallest absolute Gasteiger partial charge is 0.241 e. The molecule has 1 unspecified atom stereocenters. The predicted octanol–water partition coefficient (Wildman–Crippen LogP) is 2.27. The number of amides is 2. The van der Waals surface area contributed by atoms with Crippen LogP contribution in [-0.4, -0.2) is 55.5 Å². The van der Waals surface area contributed by atoms with E-state index in [1.807, 2.05) is 47.4 Å². The lowest BCUT2D eigenvalue weighted by molar-refractivity contribution is -0.130. The first kappa shape index (κ1) is 19.5. The normalized spacial score (nSPS) is 19.2. The first-order chi connectivity index (χ1) is 14.2. The van der Waals surface area contributed by atoms with Gasteiger partial charge in [0.25, 0.3) is 0 Å². The third kappa shape index (κ3) is 4.95. The molecule has 0 radical (unpaired) electrons. The van der Waals surface area contributed by atoms with Crippen molar-refractivity contribution in [2.75, 3.05) is 42.9 Å². The van der Waals surface area contributed by atoms with Gasteiger partial charge in [-0.1, -0.05) is 30.3 Å². The highest BCUT2D eigenvalue weighted by atomic mass is 16.2. The van der Waals surface area contributed by atoms with E-state index in [9.17, 15) is 9.59 Å². The third-order valence-electron chi connectivity index (χ3n) is 5.71. The summed E-state index contributed by atoms with van der Waals surface area (Å²) in [4.78, 5) is 29.1. The van der Waals surface area contributed by atoms with Crippen LogP contribution >= 0.6 is 0 Å². The molecule has 6 heteroatoms. The number of hydrogen-bond donors (Lipinski definition) is 2. The summed E-state index contributed by atoms with van der Waals surface area (Å²) >= 11 is 0. The highest BCUT2D eigenvalue weighted by Gasteiger charge is 2.23. The number of carbonyl (C=O) groups is 2. The highest BCUT2D eigenvalue weighted by molar-refractivity contribution is 5.95. The van der Waals surface area contributed by atoms with Gasteiger partial charge in [0.1, 0.15) is 0 Å². The molecule has 2 heterocycles. The van der Waals surface area contributed by atoms with Gasteiger partial charge in [-0.2, -0.15) is 0 Å². The summed E-state index contributed by atoms with van der Waals surface area (Å²) in [5.41, 5.74) is 2.96. The second-order valence-corrected chi connectivity index (χ2v) is 7.72. The van der Waals surface area contributed by atoms with Gasteiger partial charge in [-0.05, 0) is 49.2 Å². The molecule has 29 heavy (non-hydrogen) atoms. The maximum atomic E-state index is 12.7. The van der Waals surface area contributed by atoms with E-state index in [1.165, 1.54) is 5.69 Å². The number of anilines is 2. The Balaban J connectivity index is 1.26. The molecule has 1 atom stereocenters. The Hall–Kier alpha value is -2.86. The van der Waals surface area contributed by atoms with Gasteiger partial charge in [-0.25, -0.2) is 0 Å². The third-order valence-corrected chi connectivity index (χ3v) is 5.71. The molecule has 2 fully saturated rings. The average Bonchev–Trinajstić information content (AvgIpc) is 3.31. The van der Waals surface area contributed by atoms with Crippen LogP contribution in [0.25, 0.3) is 0 Å². The molecular weight excluding hydrogens is 364 g/mol. The Labute approximate surface area is 171 Å². The molecule has 2 aliphatic heterocycles. The van der Waals surface area contributed by atoms with E-state index in [1.54, 1.807) is 0 Å². The van der Waals surface area contributed by atoms with Crippen molar-refractivity contribution in [2.24, 2.45) is 0 Å². The minimum atomic E-state index is -0.0918. The first-order valence-corrected chi connectivity index (χ1v) is 10.4. The lowest BCUT2D eigenvalue weighted by Crippen LogP contribution is -2.49. The van der Waals surface area contributed by atoms with Crippen LogP contribution in [0.15, 0.2) is 54.6 Å². The van der Waals surface area contributed by atoms with Crippen LogP contribution in [0, 0.1) is 0 Å². The molecule has 0 aliphatic carbocycles. The highest BCUT2D eigenvalue weighted by Crippen LogP contribution is 2.17. The number of hydrogen-bond acceptors (Lipinski definition) is 4. The summed E-state index contributed by atoms with van der Waals surface area (Å²) in [6.07, 6.45) is 2.32. The van der Waals surface area contributed by atoms with E-state index < -0.39 is 0 Å². The molecule has 4 rings (SSSR count). The summed E-state index contributed by atoms with van der Waals surface area (Å²) in [5.74, 6) is 0.173. The van der Waals surface area contributed by atoms with Gasteiger partial charge in [-0.3, -0.25) is 9.59 Å². The monoisotopic (exact) mass is 392 g/mol. The quantitative estimate of drug-likeness (QED) is 0.819. The number of nitrogens with one attached hydrogen (secondary N) is 2. The fourth-order valence-electron chi connectivity index (χ4n) is 3.98. The summed E-state index contributed by atoms with van der Waals surface area (Å²) in [6.45, 7) is 4.11. The number of para-hydroxylation sites is 1. The van der Waals surface area contributed by atoms with Gasteiger partial charge in [0.15, 0.2) is 0 Å². The lowest BCUT2D eigenvalue weighted by atomic mass is 10.1. The molecule has 2 saturated heterocycles. The topological polar surface area (TPSA) is 64.7 Å². The fraction of sp³-hybridized carbons (Fsp3) is 0.391. The SMILES string of the molecule is O=C(Nc1ccc(CC(=O)N2CCN(c3ccccc3)CC2)cc1)C1CCCN1. The summed E-state index contributed by atoms with van der Waals surface area (Å²) in [6, 6.07) is 17.8. The number of rotatable bonds is 5. The van der Waals surface area contributed by atoms with Crippen molar-refractivity contribution in [3.8, 4) is 0 Å². The Bertz CT molecular complexity index is 824. The van der Waals surface area contributed by atoms with Gasteiger partial charge in [0.2, 0.25) is 11.8 Å². The van der Waals surface area contributed by atoms with Crippen LogP contribution in [0.1, 0.15) is 18.4 Å². The largest absolute Gasteiger partial charge is 0.368 e. The van der Waals surface area contributed by atoms with Crippen LogP contribution in [-0.2, 0) is 16.0 Å². The molecule has 152 valence electrons. The molecule has 2 aromatic carbocycles. The average molecular weight is 393 g/mol. The van der Waals surface area contributed by atoms with Crippen LogP contribution in [0.5, 0.6) is 0 Å². The minimum Gasteiger partial charge on any atom is -0.368 e. The van der Waals surface area contributed by atoms with Crippen molar-refractivity contribution >= 4 is 23.2 Å². The van der Waals surface area contributed by atoms with Crippen molar-refractivity contribution in [3.63, 3.8) is 0 Å². The Morgan fingerprint density at radius 3 is 2.34 bits per heavy atom. The predicted molar refractivity (Wildman–Crippen MR) is 115 cm³/mol. The second kappa shape index (κ2) is 9.09. The molecule has 6 nitrogen and oxygen atoms in total. The van der Waals surface area contributed by atoms with Crippen LogP contribution < -0.4 is 15.5 Å². The maximum Gasteiger partial charge on any atom is 0.241 e. The lowest BCUT2D eigenvalue weighted by Gasteiger charge is -2.36. The van der Waals surface area contributed by atoms with Gasteiger partial charge in [0.05, 0.1) is 12.5 Å². The molecule has 0 saturated carbocycles. The molecular formula is C23H28N4O2. The number of nitrogens with zero attached hydrogens (tertiary/aromatic N) is 2. The standard InChI is InChI=1S/C23H28N4O2/c28-22(27-15-13-26(14-16-27)20-5-2-1-3-6-20)17-18-8-10-19(11-9-18)25-23(29)21-7-4-12-24-21/h1-3,5-6,8-11,21,24H,4,7,12-17H2,(H,25,29). The first-order valence-electron chi connectivity index (χ1n) is 10.4. The van der Waals surface area contributed by atoms with Crippen molar-refractivity contribution in [2.45, 2.75) is 25.3 Å². The van der Waals surface area contributed by atoms with E-state index in [-0.39, 0.29) is 17.9 Å². The zero-order chi connectivity index (χ0) is 20.1. The van der Waals surface area contributed by atoms with E-state index in [0.29, 0.717) is 6.42 Å². The maximum absolute atomic E-state index is 12.7. The van der Waals surface area contributed by atoms with Crippen LogP contribution in [0.3, 0.4) is 0 Å². The van der Waals surface area contributed by atoms with E-state index in [2.05, 4.69) is 27.7 Å². The number of piperazine rings is 1. The van der Waals surface area contributed by atoms with Crippen LogP contribution in [0.4, 0.5) is 11.4 Å². The zero-order valence-electron chi connectivity index (χ0n) is 16.6. The molecule has 0 bridgehead atoms. The minimum absolute atomic E-state index is 0.0163. The van der Waals surface area contributed by atoms with Crippen molar-refractivity contribution in [1.29, 1.82) is 0 Å². The number of carbonyl (C=O) groups excluding carboxylic acids is 2. The van der Waals surface area contributed by atoms with E-state index >= 15 is 0 Å². The number of benzene rings is 2. The molecule has 2 N–H and O–H groups in total. The van der Waals surface area contributed by atoms with Gasteiger partial charge in [-0.15, -0.1) is 0 Å². The molecule has 0 aromatic heterocycles. The molecule has 0 spiro atoms. The molecule has 2 amide bonds. The van der Waals surface area contributed by atoms with Crippen molar-refractivity contribution in [3.05, 3.63) is 60.2 Å². The van der Waals surface area contributed by atoms with Crippen molar-refractivity contribution in [1.82, 2.24) is 10.2 Å². The fourth-order valence-corrected chi connectivity index (χ4v) is 3.98. The molecule has 2 aliphatic rings. The second-order valence-electron chi connectivity index (χ2n) is 7.72. The summed E-state index contributed by atoms with van der Waals surface area (Å²) in [5, 5.41) is 6.14. The molecule has 2 aromatic rings. The summed E-state index contributed by atoms with van der Waals surface area (Å²) in [7, 11) is 0. The zero-order valence-corrected chi connectivity index (χ0v) is 16.6. The van der Waals surface area contributed by atoms with Crippen molar-refractivity contribution < 1.29 is 9.59 Å². The van der Waals surface area contributed by atoms with E-state index in [0.717, 1.165) is 56.8 Å². The van der Waals surface area contributed by atoms with Crippen LogP contribution in [0.2, 0.25) is 0 Å².